The fraction of sp³-hybridized carbons (Fsp3) is 0.333. The Labute approximate surface area is 121 Å². The smallest absolute Gasteiger partial charge is 0.228 e. The van der Waals surface area contributed by atoms with Crippen molar-refractivity contribution in [3.8, 4) is 11.4 Å². The van der Waals surface area contributed by atoms with Gasteiger partial charge in [0.2, 0.25) is 11.7 Å². The van der Waals surface area contributed by atoms with E-state index in [4.69, 9.17) is 4.52 Å². The van der Waals surface area contributed by atoms with Gasteiger partial charge in [0, 0.05) is 37.0 Å². The molecule has 2 heterocycles. The molecule has 0 unspecified atom stereocenters. The molecule has 106 valence electrons. The molecule has 1 aliphatic carbocycles. The Bertz CT molecular complexity index is 765. The largest absolute Gasteiger partial charge is 0.339 e. The van der Waals surface area contributed by atoms with Gasteiger partial charge in [0.05, 0.1) is 11.0 Å². The summed E-state index contributed by atoms with van der Waals surface area (Å²) >= 11 is 0. The minimum absolute atomic E-state index is 0.601. The van der Waals surface area contributed by atoms with Crippen molar-refractivity contribution in [1.82, 2.24) is 25.4 Å². The second-order valence-corrected chi connectivity index (χ2v) is 5.25. The minimum atomic E-state index is 0.601. The van der Waals surface area contributed by atoms with Crippen LogP contribution in [-0.2, 0) is 6.42 Å². The zero-order valence-electron chi connectivity index (χ0n) is 11.5. The molecule has 1 aliphatic rings. The molecule has 0 atom stereocenters. The molecule has 0 aliphatic heterocycles. The van der Waals surface area contributed by atoms with E-state index in [0.29, 0.717) is 17.8 Å². The molecule has 21 heavy (non-hydrogen) atoms. The number of rotatable bonds is 5. The van der Waals surface area contributed by atoms with Crippen molar-refractivity contribution >= 4 is 11.0 Å². The van der Waals surface area contributed by atoms with Crippen molar-refractivity contribution in [1.29, 1.82) is 0 Å². The SMILES string of the molecule is c1cnc2cc(-c3noc(CCNC4CC4)n3)ccc2n1. The van der Waals surface area contributed by atoms with E-state index in [1.54, 1.807) is 12.4 Å². The fourth-order valence-corrected chi connectivity index (χ4v) is 2.25. The first-order chi connectivity index (χ1) is 10.4. The molecule has 4 rings (SSSR count). The van der Waals surface area contributed by atoms with E-state index in [2.05, 4.69) is 25.4 Å². The summed E-state index contributed by atoms with van der Waals surface area (Å²) in [7, 11) is 0. The van der Waals surface area contributed by atoms with Gasteiger partial charge >= 0.3 is 0 Å². The van der Waals surface area contributed by atoms with Crippen molar-refractivity contribution < 1.29 is 4.52 Å². The summed E-state index contributed by atoms with van der Waals surface area (Å²) in [6.07, 6.45) is 6.69. The molecule has 6 nitrogen and oxygen atoms in total. The van der Waals surface area contributed by atoms with Crippen LogP contribution in [0, 0.1) is 0 Å². The standard InChI is InChI=1S/C15H15N5O/c1-4-12-13(18-8-7-17-12)9-10(1)15-19-14(21-20-15)5-6-16-11-2-3-11/h1,4,7-9,11,16H,2-3,5-6H2. The van der Waals surface area contributed by atoms with Crippen LogP contribution in [0.15, 0.2) is 35.1 Å². The number of nitrogens with one attached hydrogen (secondary N) is 1. The van der Waals surface area contributed by atoms with Crippen LogP contribution < -0.4 is 5.32 Å². The van der Waals surface area contributed by atoms with Crippen LogP contribution in [0.5, 0.6) is 0 Å². The van der Waals surface area contributed by atoms with Gasteiger partial charge in [-0.3, -0.25) is 9.97 Å². The van der Waals surface area contributed by atoms with Crippen LogP contribution in [-0.4, -0.2) is 32.7 Å². The number of fused-ring (bicyclic) bond motifs is 1. The molecular formula is C15H15N5O. The van der Waals surface area contributed by atoms with Gasteiger partial charge in [0.25, 0.3) is 0 Å². The highest BCUT2D eigenvalue weighted by molar-refractivity contribution is 5.79. The van der Waals surface area contributed by atoms with Crippen molar-refractivity contribution in [2.24, 2.45) is 0 Å². The first kappa shape index (κ1) is 12.4. The predicted molar refractivity (Wildman–Crippen MR) is 77.6 cm³/mol. The van der Waals surface area contributed by atoms with E-state index < -0.39 is 0 Å². The average molecular weight is 281 g/mol. The number of hydrogen-bond donors (Lipinski definition) is 1. The molecule has 0 spiro atoms. The summed E-state index contributed by atoms with van der Waals surface area (Å²) in [6, 6.07) is 6.49. The maximum absolute atomic E-state index is 5.30. The molecular weight excluding hydrogens is 266 g/mol. The second kappa shape index (κ2) is 5.21. The topological polar surface area (TPSA) is 76.7 Å². The van der Waals surface area contributed by atoms with E-state index in [9.17, 15) is 0 Å². The number of nitrogens with zero attached hydrogens (tertiary/aromatic N) is 4. The molecule has 6 heteroatoms. The highest BCUT2D eigenvalue weighted by Gasteiger charge is 2.20. The predicted octanol–water partition coefficient (Wildman–Crippen LogP) is 1.97. The molecule has 1 fully saturated rings. The van der Waals surface area contributed by atoms with Crippen LogP contribution in [0.4, 0.5) is 0 Å². The average Bonchev–Trinajstić information content (AvgIpc) is 3.23. The molecule has 0 radical (unpaired) electrons. The monoisotopic (exact) mass is 281 g/mol. The Kier molecular flexibility index (Phi) is 3.08. The second-order valence-electron chi connectivity index (χ2n) is 5.25. The zero-order valence-corrected chi connectivity index (χ0v) is 11.5. The lowest BCUT2D eigenvalue weighted by atomic mass is 10.2. The lowest BCUT2D eigenvalue weighted by Crippen LogP contribution is -2.19. The van der Waals surface area contributed by atoms with Gasteiger partial charge in [-0.05, 0) is 31.0 Å². The summed E-state index contributed by atoms with van der Waals surface area (Å²) in [5.41, 5.74) is 2.59. The quantitative estimate of drug-likeness (QED) is 0.770. The number of hydrogen-bond acceptors (Lipinski definition) is 6. The highest BCUT2D eigenvalue weighted by Crippen LogP contribution is 2.20. The Morgan fingerprint density at radius 2 is 2.00 bits per heavy atom. The van der Waals surface area contributed by atoms with Crippen LogP contribution in [0.1, 0.15) is 18.7 Å². The summed E-state index contributed by atoms with van der Waals surface area (Å²) in [5.74, 6) is 1.27. The van der Waals surface area contributed by atoms with Gasteiger partial charge < -0.3 is 9.84 Å². The van der Waals surface area contributed by atoms with Crippen molar-refractivity contribution in [2.75, 3.05) is 6.54 Å². The third-order valence-corrected chi connectivity index (χ3v) is 3.54. The third-order valence-electron chi connectivity index (χ3n) is 3.54. The Hall–Kier alpha value is -2.34. The molecule has 3 aromatic rings. The van der Waals surface area contributed by atoms with E-state index in [-0.39, 0.29) is 0 Å². The van der Waals surface area contributed by atoms with Gasteiger partial charge in [0.15, 0.2) is 0 Å². The van der Waals surface area contributed by atoms with Crippen molar-refractivity contribution in [3.05, 3.63) is 36.5 Å². The zero-order chi connectivity index (χ0) is 14.1. The van der Waals surface area contributed by atoms with Gasteiger partial charge in [-0.1, -0.05) is 5.16 Å². The van der Waals surface area contributed by atoms with Gasteiger partial charge in [-0.15, -0.1) is 0 Å². The van der Waals surface area contributed by atoms with Crippen LogP contribution in [0.2, 0.25) is 0 Å². The number of benzene rings is 1. The van der Waals surface area contributed by atoms with Gasteiger partial charge in [0.1, 0.15) is 0 Å². The summed E-state index contributed by atoms with van der Waals surface area (Å²) < 4.78 is 5.30. The summed E-state index contributed by atoms with van der Waals surface area (Å²) in [5, 5.41) is 7.48. The Balaban J connectivity index is 1.52. The maximum Gasteiger partial charge on any atom is 0.228 e. The van der Waals surface area contributed by atoms with Crippen LogP contribution >= 0.6 is 0 Å². The Morgan fingerprint density at radius 1 is 1.14 bits per heavy atom. The Morgan fingerprint density at radius 3 is 2.86 bits per heavy atom. The van der Waals surface area contributed by atoms with E-state index in [1.807, 2.05) is 18.2 Å². The van der Waals surface area contributed by atoms with E-state index in [0.717, 1.165) is 29.6 Å². The van der Waals surface area contributed by atoms with Gasteiger partial charge in [-0.2, -0.15) is 4.98 Å². The van der Waals surface area contributed by atoms with E-state index >= 15 is 0 Å². The van der Waals surface area contributed by atoms with Crippen molar-refractivity contribution in [3.63, 3.8) is 0 Å². The number of aromatic nitrogens is 4. The van der Waals surface area contributed by atoms with Crippen LogP contribution in [0.3, 0.4) is 0 Å². The molecule has 1 N–H and O–H groups in total. The lowest BCUT2D eigenvalue weighted by Gasteiger charge is -1.98. The lowest BCUT2D eigenvalue weighted by molar-refractivity contribution is 0.376. The fourth-order valence-electron chi connectivity index (χ4n) is 2.25. The van der Waals surface area contributed by atoms with Crippen molar-refractivity contribution in [2.45, 2.75) is 25.3 Å². The highest BCUT2D eigenvalue weighted by atomic mass is 16.5. The van der Waals surface area contributed by atoms with Crippen LogP contribution in [0.25, 0.3) is 22.4 Å². The minimum Gasteiger partial charge on any atom is -0.339 e. The summed E-state index contributed by atoms with van der Waals surface area (Å²) in [4.78, 5) is 13.0. The maximum atomic E-state index is 5.30. The molecule has 1 saturated carbocycles. The first-order valence-electron chi connectivity index (χ1n) is 7.15. The molecule has 0 amide bonds. The molecule has 2 aromatic heterocycles. The first-order valence-corrected chi connectivity index (χ1v) is 7.15. The third kappa shape index (κ3) is 2.75. The molecule has 0 bridgehead atoms. The normalized spacial score (nSPS) is 14.7. The molecule has 0 saturated heterocycles. The van der Waals surface area contributed by atoms with E-state index in [1.165, 1.54) is 12.8 Å². The summed E-state index contributed by atoms with van der Waals surface area (Å²) in [6.45, 7) is 0.884. The molecule has 1 aromatic carbocycles. The van der Waals surface area contributed by atoms with Gasteiger partial charge in [-0.25, -0.2) is 0 Å².